The molecule has 0 aliphatic heterocycles. The van der Waals surface area contributed by atoms with Crippen molar-refractivity contribution in [3.8, 4) is 11.5 Å². The molecule has 0 saturated heterocycles. The molecule has 0 spiro atoms. The molecule has 0 aliphatic carbocycles. The van der Waals surface area contributed by atoms with Gasteiger partial charge in [-0.3, -0.25) is 9.48 Å². The second kappa shape index (κ2) is 11.7. The number of amides is 1. The largest absolute Gasteiger partial charge is 0.497 e. The number of rotatable bonds is 10. The van der Waals surface area contributed by atoms with Crippen molar-refractivity contribution in [2.45, 2.75) is 12.6 Å². The summed E-state index contributed by atoms with van der Waals surface area (Å²) in [5, 5.41) is 7.13. The highest BCUT2D eigenvalue weighted by molar-refractivity contribution is 5.91. The molecule has 0 atom stereocenters. The molecule has 0 fully saturated rings. The van der Waals surface area contributed by atoms with Gasteiger partial charge in [-0.2, -0.15) is 5.10 Å². The van der Waals surface area contributed by atoms with E-state index in [1.807, 2.05) is 72.9 Å². The summed E-state index contributed by atoms with van der Waals surface area (Å²) in [7, 11) is 3.19. The second-order valence-corrected chi connectivity index (χ2v) is 8.02. The molecule has 3 aromatic carbocycles. The van der Waals surface area contributed by atoms with Crippen LogP contribution in [0.3, 0.4) is 0 Å². The van der Waals surface area contributed by atoms with Crippen LogP contribution in [0.4, 0.5) is 0 Å². The molecule has 1 N–H and O–H groups in total. The van der Waals surface area contributed by atoms with Crippen molar-refractivity contribution in [3.63, 3.8) is 0 Å². The van der Waals surface area contributed by atoms with Crippen LogP contribution in [0, 0.1) is 0 Å². The highest BCUT2D eigenvalue weighted by Crippen LogP contribution is 2.26. The molecule has 1 aromatic heterocycles. The summed E-state index contributed by atoms with van der Waals surface area (Å²) in [6.45, 7) is 0.194. The summed E-state index contributed by atoms with van der Waals surface area (Å²) in [6, 6.07) is 23.3. The van der Waals surface area contributed by atoms with Crippen LogP contribution in [-0.4, -0.2) is 42.5 Å². The summed E-state index contributed by atoms with van der Waals surface area (Å²) < 4.78 is 17.5. The number of carbonyl (C=O) groups excluding carboxylic acids is 2. The van der Waals surface area contributed by atoms with Gasteiger partial charge in [0.05, 0.1) is 32.4 Å². The first kappa shape index (κ1) is 24.5. The van der Waals surface area contributed by atoms with Crippen molar-refractivity contribution < 1.29 is 23.8 Å². The van der Waals surface area contributed by atoms with Crippen molar-refractivity contribution in [2.75, 3.05) is 20.8 Å². The maximum absolute atomic E-state index is 12.8. The minimum Gasteiger partial charge on any atom is -0.497 e. The van der Waals surface area contributed by atoms with Gasteiger partial charge in [-0.1, -0.05) is 36.4 Å². The number of aromatic nitrogens is 2. The first-order chi connectivity index (χ1) is 17.6. The fourth-order valence-electron chi connectivity index (χ4n) is 3.70. The van der Waals surface area contributed by atoms with E-state index < -0.39 is 24.5 Å². The van der Waals surface area contributed by atoms with Gasteiger partial charge in [-0.15, -0.1) is 0 Å². The average molecular weight is 486 g/mol. The monoisotopic (exact) mass is 485 g/mol. The van der Waals surface area contributed by atoms with Gasteiger partial charge in [0.15, 0.2) is 6.61 Å². The van der Waals surface area contributed by atoms with Gasteiger partial charge in [0, 0.05) is 12.4 Å². The lowest BCUT2D eigenvalue weighted by atomic mass is 9.98. The zero-order chi connectivity index (χ0) is 25.3. The number of benzene rings is 3. The van der Waals surface area contributed by atoms with Gasteiger partial charge in [0.25, 0.3) is 5.91 Å². The molecule has 1 amide bonds. The third kappa shape index (κ3) is 6.29. The van der Waals surface area contributed by atoms with E-state index in [2.05, 4.69) is 10.4 Å². The standard InChI is InChI=1S/C28H27N3O5/c1-34-24-12-8-21(9-13-24)27(22-10-14-25(35-2)15-11-22)30-26(32)19-36-28(33)23-6-4-20(5-7-23)18-31-17-3-16-29-31/h3-17,27H,18-19H2,1-2H3,(H,30,32). The van der Waals surface area contributed by atoms with Crippen molar-refractivity contribution in [1.29, 1.82) is 0 Å². The quantitative estimate of drug-likeness (QED) is 0.341. The Kier molecular flexibility index (Phi) is 7.97. The molecular weight excluding hydrogens is 458 g/mol. The number of ether oxygens (including phenoxy) is 3. The molecule has 0 saturated carbocycles. The molecule has 36 heavy (non-hydrogen) atoms. The van der Waals surface area contributed by atoms with Crippen LogP contribution in [-0.2, 0) is 16.1 Å². The van der Waals surface area contributed by atoms with Gasteiger partial charge in [0.1, 0.15) is 11.5 Å². The van der Waals surface area contributed by atoms with Crippen molar-refractivity contribution >= 4 is 11.9 Å². The Bertz CT molecular complexity index is 1220. The fraction of sp³-hybridized carbons (Fsp3) is 0.179. The van der Waals surface area contributed by atoms with Gasteiger partial charge >= 0.3 is 5.97 Å². The van der Waals surface area contributed by atoms with Crippen LogP contribution in [0.25, 0.3) is 0 Å². The molecule has 8 heteroatoms. The highest BCUT2D eigenvalue weighted by Gasteiger charge is 2.19. The third-order valence-electron chi connectivity index (χ3n) is 5.63. The summed E-state index contributed by atoms with van der Waals surface area (Å²) in [4.78, 5) is 25.3. The highest BCUT2D eigenvalue weighted by atomic mass is 16.5. The lowest BCUT2D eigenvalue weighted by Gasteiger charge is -2.20. The van der Waals surface area contributed by atoms with Crippen LogP contribution < -0.4 is 14.8 Å². The molecule has 8 nitrogen and oxygen atoms in total. The number of hydrogen-bond acceptors (Lipinski definition) is 6. The number of methoxy groups -OCH3 is 2. The number of nitrogens with one attached hydrogen (secondary N) is 1. The number of hydrogen-bond donors (Lipinski definition) is 1. The zero-order valence-corrected chi connectivity index (χ0v) is 20.1. The molecule has 0 bridgehead atoms. The van der Waals surface area contributed by atoms with Crippen LogP contribution in [0.5, 0.6) is 11.5 Å². The Balaban J connectivity index is 1.39. The molecule has 1 heterocycles. The third-order valence-corrected chi connectivity index (χ3v) is 5.63. The molecular formula is C28H27N3O5. The topological polar surface area (TPSA) is 91.7 Å². The summed E-state index contributed by atoms with van der Waals surface area (Å²) in [5.41, 5.74) is 3.07. The molecule has 184 valence electrons. The van der Waals surface area contributed by atoms with E-state index in [0.717, 1.165) is 16.7 Å². The lowest BCUT2D eigenvalue weighted by molar-refractivity contribution is -0.124. The smallest absolute Gasteiger partial charge is 0.338 e. The molecule has 4 rings (SSSR count). The molecule has 0 radical (unpaired) electrons. The van der Waals surface area contributed by atoms with E-state index in [9.17, 15) is 9.59 Å². The molecule has 0 aliphatic rings. The Labute approximate surface area is 209 Å². The Morgan fingerprint density at radius 3 is 1.94 bits per heavy atom. The maximum Gasteiger partial charge on any atom is 0.338 e. The Morgan fingerprint density at radius 1 is 0.861 bits per heavy atom. The Hall–Kier alpha value is -4.59. The van der Waals surface area contributed by atoms with Crippen LogP contribution in [0.1, 0.15) is 33.1 Å². The average Bonchev–Trinajstić information content (AvgIpc) is 3.44. The first-order valence-electron chi connectivity index (χ1n) is 11.4. The van der Waals surface area contributed by atoms with Crippen molar-refractivity contribution in [3.05, 3.63) is 114 Å². The Morgan fingerprint density at radius 2 is 1.44 bits per heavy atom. The minimum atomic E-state index is -0.568. The van der Waals surface area contributed by atoms with Gasteiger partial charge in [-0.05, 0) is 59.2 Å². The van der Waals surface area contributed by atoms with E-state index in [1.54, 1.807) is 37.2 Å². The number of nitrogens with zero attached hydrogens (tertiary/aromatic N) is 2. The van der Waals surface area contributed by atoms with Gasteiger partial charge in [0.2, 0.25) is 0 Å². The lowest BCUT2D eigenvalue weighted by Crippen LogP contribution is -2.33. The summed E-state index contributed by atoms with van der Waals surface area (Å²) in [6.07, 6.45) is 3.58. The maximum atomic E-state index is 12.8. The van der Waals surface area contributed by atoms with Crippen molar-refractivity contribution in [2.24, 2.45) is 0 Å². The SMILES string of the molecule is COc1ccc(C(NC(=O)COC(=O)c2ccc(Cn3cccn3)cc2)c2ccc(OC)cc2)cc1. The molecule has 4 aromatic rings. The number of carbonyl (C=O) groups is 2. The van der Waals surface area contributed by atoms with Gasteiger partial charge < -0.3 is 19.5 Å². The van der Waals surface area contributed by atoms with Gasteiger partial charge in [-0.25, -0.2) is 4.79 Å². The molecule has 0 unspecified atom stereocenters. The van der Waals surface area contributed by atoms with Crippen molar-refractivity contribution in [1.82, 2.24) is 15.1 Å². The van der Waals surface area contributed by atoms with Crippen LogP contribution in [0.15, 0.2) is 91.3 Å². The van der Waals surface area contributed by atoms with E-state index >= 15 is 0 Å². The predicted octanol–water partition coefficient (Wildman–Crippen LogP) is 4.01. The fourth-order valence-corrected chi connectivity index (χ4v) is 3.70. The zero-order valence-electron chi connectivity index (χ0n) is 20.1. The predicted molar refractivity (Wildman–Crippen MR) is 134 cm³/mol. The van der Waals surface area contributed by atoms with E-state index in [1.165, 1.54) is 0 Å². The normalized spacial score (nSPS) is 10.6. The minimum absolute atomic E-state index is 0.369. The van der Waals surface area contributed by atoms with E-state index in [4.69, 9.17) is 14.2 Å². The van der Waals surface area contributed by atoms with E-state index in [0.29, 0.717) is 23.6 Å². The number of esters is 1. The van der Waals surface area contributed by atoms with Crippen LogP contribution >= 0.6 is 0 Å². The summed E-state index contributed by atoms with van der Waals surface area (Å²) >= 11 is 0. The second-order valence-electron chi connectivity index (χ2n) is 8.02. The van der Waals surface area contributed by atoms with E-state index in [-0.39, 0.29) is 0 Å². The first-order valence-corrected chi connectivity index (χ1v) is 11.4. The van der Waals surface area contributed by atoms with Crippen LogP contribution in [0.2, 0.25) is 0 Å². The summed E-state index contributed by atoms with van der Waals surface area (Å²) in [5.74, 6) is 0.433.